The van der Waals surface area contributed by atoms with E-state index >= 15 is 0 Å². The SMILES string of the molecule is COc1ccc(N2CN(CCC3=CCCCC3)Cn3c2nc(C)c(C)c3=O)cc1. The zero-order chi connectivity index (χ0) is 20.4. The molecular formula is C23H30N4O2. The molecule has 0 unspecified atom stereocenters. The Kier molecular flexibility index (Phi) is 5.72. The number of allylic oxidation sites excluding steroid dienone is 1. The van der Waals surface area contributed by atoms with Crippen LogP contribution in [-0.4, -0.2) is 34.8 Å². The highest BCUT2D eigenvalue weighted by Gasteiger charge is 2.27. The number of rotatable bonds is 5. The number of hydrogen-bond acceptors (Lipinski definition) is 5. The van der Waals surface area contributed by atoms with Crippen LogP contribution < -0.4 is 15.2 Å². The molecule has 4 rings (SSSR count). The van der Waals surface area contributed by atoms with Gasteiger partial charge in [-0.2, -0.15) is 0 Å². The lowest BCUT2D eigenvalue weighted by Gasteiger charge is -2.38. The molecule has 6 heteroatoms. The molecule has 0 saturated carbocycles. The van der Waals surface area contributed by atoms with Gasteiger partial charge in [-0.15, -0.1) is 0 Å². The minimum atomic E-state index is 0.0487. The summed E-state index contributed by atoms with van der Waals surface area (Å²) in [4.78, 5) is 22.2. The molecule has 0 spiro atoms. The van der Waals surface area contributed by atoms with Crippen molar-refractivity contribution in [2.24, 2.45) is 0 Å². The Morgan fingerprint density at radius 1 is 1.10 bits per heavy atom. The van der Waals surface area contributed by atoms with Crippen molar-refractivity contribution in [2.45, 2.75) is 52.6 Å². The molecule has 2 aromatic rings. The molecule has 1 aromatic heterocycles. The molecule has 0 amide bonds. The van der Waals surface area contributed by atoms with Gasteiger partial charge in [-0.1, -0.05) is 11.6 Å². The second-order valence-corrected chi connectivity index (χ2v) is 8.02. The molecule has 2 aliphatic rings. The van der Waals surface area contributed by atoms with Gasteiger partial charge in [0.1, 0.15) is 5.75 Å². The van der Waals surface area contributed by atoms with Gasteiger partial charge in [0.25, 0.3) is 5.56 Å². The van der Waals surface area contributed by atoms with Crippen molar-refractivity contribution in [3.8, 4) is 5.75 Å². The molecule has 0 saturated heterocycles. The van der Waals surface area contributed by atoms with E-state index in [0.717, 1.165) is 41.6 Å². The van der Waals surface area contributed by atoms with Gasteiger partial charge in [-0.05, 0) is 70.2 Å². The van der Waals surface area contributed by atoms with Crippen LogP contribution in [0.4, 0.5) is 11.6 Å². The highest BCUT2D eigenvalue weighted by molar-refractivity contribution is 5.59. The summed E-state index contributed by atoms with van der Waals surface area (Å²) in [6.45, 7) is 6.02. The van der Waals surface area contributed by atoms with Gasteiger partial charge in [-0.3, -0.25) is 19.2 Å². The molecule has 29 heavy (non-hydrogen) atoms. The number of aromatic nitrogens is 2. The largest absolute Gasteiger partial charge is 0.497 e. The van der Waals surface area contributed by atoms with Crippen molar-refractivity contribution >= 4 is 11.6 Å². The average molecular weight is 395 g/mol. The maximum atomic E-state index is 13.0. The molecule has 0 N–H and O–H groups in total. The lowest BCUT2D eigenvalue weighted by Crippen LogP contribution is -2.48. The standard InChI is InChI=1S/C23H30N4O2/c1-17-18(2)24-23-26(20-9-11-21(29-3)12-10-20)15-25(16-27(23)22(17)28)14-13-19-7-5-4-6-8-19/h7,9-12H,4-6,8,13-16H2,1-3H3. The van der Waals surface area contributed by atoms with Crippen LogP contribution in [-0.2, 0) is 6.67 Å². The average Bonchev–Trinajstić information content (AvgIpc) is 2.77. The Bertz CT molecular complexity index is 962. The fourth-order valence-corrected chi connectivity index (χ4v) is 4.12. The van der Waals surface area contributed by atoms with E-state index in [0.29, 0.717) is 13.3 Å². The summed E-state index contributed by atoms with van der Waals surface area (Å²) in [6, 6.07) is 7.95. The van der Waals surface area contributed by atoms with E-state index in [1.807, 2.05) is 42.7 Å². The monoisotopic (exact) mass is 394 g/mol. The highest BCUT2D eigenvalue weighted by atomic mass is 16.5. The van der Waals surface area contributed by atoms with Gasteiger partial charge in [0.15, 0.2) is 0 Å². The van der Waals surface area contributed by atoms with E-state index in [4.69, 9.17) is 9.72 Å². The number of benzene rings is 1. The maximum Gasteiger partial charge on any atom is 0.259 e. The van der Waals surface area contributed by atoms with Crippen molar-refractivity contribution in [1.82, 2.24) is 14.5 Å². The molecule has 0 bridgehead atoms. The number of methoxy groups -OCH3 is 1. The smallest absolute Gasteiger partial charge is 0.259 e. The normalized spacial score (nSPS) is 17.1. The molecular weight excluding hydrogens is 364 g/mol. The van der Waals surface area contributed by atoms with Gasteiger partial charge < -0.3 is 4.74 Å². The Labute approximate surface area is 172 Å². The fraction of sp³-hybridized carbons (Fsp3) is 0.478. The molecule has 0 radical (unpaired) electrons. The summed E-state index contributed by atoms with van der Waals surface area (Å²) >= 11 is 0. The highest BCUT2D eigenvalue weighted by Crippen LogP contribution is 2.29. The van der Waals surface area contributed by atoms with Crippen molar-refractivity contribution in [3.05, 3.63) is 57.5 Å². The van der Waals surface area contributed by atoms with Crippen molar-refractivity contribution in [3.63, 3.8) is 0 Å². The number of nitrogens with zero attached hydrogens (tertiary/aromatic N) is 4. The number of anilines is 2. The third-order valence-electron chi connectivity index (χ3n) is 6.06. The Balaban J connectivity index is 1.65. The minimum Gasteiger partial charge on any atom is -0.497 e. The first-order chi connectivity index (χ1) is 14.1. The zero-order valence-corrected chi connectivity index (χ0v) is 17.6. The lowest BCUT2D eigenvalue weighted by atomic mass is 9.97. The van der Waals surface area contributed by atoms with Crippen LogP contribution in [0.15, 0.2) is 40.7 Å². The summed E-state index contributed by atoms with van der Waals surface area (Å²) in [5, 5.41) is 0. The molecule has 0 fully saturated rings. The number of fused-ring (bicyclic) bond motifs is 1. The third-order valence-corrected chi connectivity index (χ3v) is 6.06. The third kappa shape index (κ3) is 4.08. The summed E-state index contributed by atoms with van der Waals surface area (Å²) in [5.74, 6) is 1.54. The second-order valence-electron chi connectivity index (χ2n) is 8.02. The maximum absolute atomic E-state index is 13.0. The topological polar surface area (TPSA) is 50.6 Å². The van der Waals surface area contributed by atoms with Gasteiger partial charge in [0, 0.05) is 23.5 Å². The van der Waals surface area contributed by atoms with E-state index in [9.17, 15) is 4.79 Å². The minimum absolute atomic E-state index is 0.0487. The first-order valence-electron chi connectivity index (χ1n) is 10.5. The lowest BCUT2D eigenvalue weighted by molar-refractivity contribution is 0.199. The molecule has 0 atom stereocenters. The molecule has 1 aliphatic heterocycles. The molecule has 2 heterocycles. The number of hydrogen-bond donors (Lipinski definition) is 0. The first-order valence-corrected chi connectivity index (χ1v) is 10.5. The van der Waals surface area contributed by atoms with E-state index in [1.165, 1.54) is 25.7 Å². The van der Waals surface area contributed by atoms with Crippen LogP contribution >= 0.6 is 0 Å². The Morgan fingerprint density at radius 2 is 1.90 bits per heavy atom. The van der Waals surface area contributed by atoms with E-state index in [1.54, 1.807) is 12.7 Å². The molecule has 1 aromatic carbocycles. The summed E-state index contributed by atoms with van der Waals surface area (Å²) in [6.07, 6.45) is 8.51. The van der Waals surface area contributed by atoms with Crippen LogP contribution in [0.3, 0.4) is 0 Å². The predicted octanol–water partition coefficient (Wildman–Crippen LogP) is 4.13. The fourth-order valence-electron chi connectivity index (χ4n) is 4.12. The Morgan fingerprint density at radius 3 is 2.59 bits per heavy atom. The number of ether oxygens (including phenoxy) is 1. The van der Waals surface area contributed by atoms with Crippen LogP contribution in [0.25, 0.3) is 0 Å². The summed E-state index contributed by atoms with van der Waals surface area (Å²) in [7, 11) is 1.67. The zero-order valence-electron chi connectivity index (χ0n) is 17.6. The first kappa shape index (κ1) is 19.7. The van der Waals surface area contributed by atoms with Gasteiger partial charge >= 0.3 is 0 Å². The van der Waals surface area contributed by atoms with Gasteiger partial charge in [0.05, 0.1) is 20.4 Å². The number of aryl methyl sites for hydroxylation is 1. The van der Waals surface area contributed by atoms with Crippen molar-refractivity contribution < 1.29 is 4.74 Å². The van der Waals surface area contributed by atoms with Crippen molar-refractivity contribution in [1.29, 1.82) is 0 Å². The second kappa shape index (κ2) is 8.41. The Hall–Kier alpha value is -2.60. The predicted molar refractivity (Wildman–Crippen MR) is 116 cm³/mol. The van der Waals surface area contributed by atoms with Gasteiger partial charge in [-0.25, -0.2) is 4.98 Å². The summed E-state index contributed by atoms with van der Waals surface area (Å²) in [5.41, 5.74) is 4.13. The van der Waals surface area contributed by atoms with Crippen LogP contribution in [0.5, 0.6) is 5.75 Å². The molecule has 154 valence electrons. The van der Waals surface area contributed by atoms with Crippen LogP contribution in [0, 0.1) is 13.8 Å². The van der Waals surface area contributed by atoms with Crippen molar-refractivity contribution in [2.75, 3.05) is 25.2 Å². The van der Waals surface area contributed by atoms with E-state index in [-0.39, 0.29) is 5.56 Å². The molecule has 1 aliphatic carbocycles. The summed E-state index contributed by atoms with van der Waals surface area (Å²) < 4.78 is 7.11. The quantitative estimate of drug-likeness (QED) is 0.714. The van der Waals surface area contributed by atoms with E-state index in [2.05, 4.69) is 15.9 Å². The van der Waals surface area contributed by atoms with E-state index < -0.39 is 0 Å². The molecule has 6 nitrogen and oxygen atoms in total. The van der Waals surface area contributed by atoms with Crippen LogP contribution in [0.1, 0.15) is 43.4 Å². The van der Waals surface area contributed by atoms with Gasteiger partial charge in [0.2, 0.25) is 5.95 Å². The van der Waals surface area contributed by atoms with Crippen LogP contribution in [0.2, 0.25) is 0 Å².